The van der Waals surface area contributed by atoms with E-state index in [-0.39, 0.29) is 60.7 Å². The van der Waals surface area contributed by atoms with Gasteiger partial charge in [-0.3, -0.25) is 14.3 Å². The number of nitrogens with zero attached hydrogens (tertiary/aromatic N) is 3. The first-order valence-corrected chi connectivity index (χ1v) is 8.75. The Bertz CT molecular complexity index is 624. The van der Waals surface area contributed by atoms with E-state index in [4.69, 9.17) is 0 Å². The van der Waals surface area contributed by atoms with Crippen LogP contribution in [-0.2, 0) is 16.6 Å². The third-order valence-electron chi connectivity index (χ3n) is 5.35. The van der Waals surface area contributed by atoms with Gasteiger partial charge in [-0.05, 0) is 32.7 Å². The number of hydrogen-bond acceptors (Lipinski definition) is 4. The number of halogens is 2. The Hall–Kier alpha value is -1.31. The molecule has 2 saturated heterocycles. The highest BCUT2D eigenvalue weighted by Crippen LogP contribution is 2.35. The Balaban J connectivity index is 0.00000169. The third kappa shape index (κ3) is 4.69. The molecule has 3 heterocycles. The molecule has 0 saturated carbocycles. The number of rotatable bonds is 3. The zero-order valence-electron chi connectivity index (χ0n) is 15.5. The van der Waals surface area contributed by atoms with Gasteiger partial charge in [-0.2, -0.15) is 5.10 Å². The van der Waals surface area contributed by atoms with Crippen LogP contribution in [-0.4, -0.2) is 52.2 Å². The number of carbonyl (C=O) groups is 2. The Morgan fingerprint density at radius 1 is 1.31 bits per heavy atom. The number of amides is 2. The summed E-state index contributed by atoms with van der Waals surface area (Å²) < 4.78 is 1.71. The zero-order chi connectivity index (χ0) is 17.3. The van der Waals surface area contributed by atoms with Gasteiger partial charge in [0, 0.05) is 44.4 Å². The van der Waals surface area contributed by atoms with Crippen molar-refractivity contribution in [2.24, 2.45) is 13.0 Å². The van der Waals surface area contributed by atoms with Crippen LogP contribution in [0.1, 0.15) is 44.2 Å². The standard InChI is InChI=1S/C17H27N5O2.2ClH/c1-11-14(5-4-8-18-11)20-17(24)13-6-7-15(23)22(3)16(13)12-9-19-21(2)10-12;;/h9-11,13-14,16,18H,4-8H2,1-3H3,(H,20,24);2*1H. The molecule has 0 spiro atoms. The summed E-state index contributed by atoms with van der Waals surface area (Å²) in [7, 11) is 3.63. The van der Waals surface area contributed by atoms with Crippen molar-refractivity contribution >= 4 is 36.6 Å². The SMILES string of the molecule is CC1NCCCC1NC(=O)C1CCC(=O)N(C)C1c1cnn(C)c1.Cl.Cl. The number of aryl methyl sites for hydroxylation is 1. The maximum absolute atomic E-state index is 13.0. The van der Waals surface area contributed by atoms with Crippen LogP contribution in [0.4, 0.5) is 0 Å². The molecule has 26 heavy (non-hydrogen) atoms. The molecule has 2 aliphatic heterocycles. The predicted octanol–water partition coefficient (Wildman–Crippen LogP) is 1.43. The molecule has 4 unspecified atom stereocenters. The fourth-order valence-corrected chi connectivity index (χ4v) is 3.89. The Labute approximate surface area is 167 Å². The number of aromatic nitrogens is 2. The second-order valence-corrected chi connectivity index (χ2v) is 7.04. The first-order valence-electron chi connectivity index (χ1n) is 8.75. The van der Waals surface area contributed by atoms with Crippen molar-refractivity contribution in [2.45, 2.75) is 50.7 Å². The third-order valence-corrected chi connectivity index (χ3v) is 5.35. The van der Waals surface area contributed by atoms with E-state index in [9.17, 15) is 9.59 Å². The van der Waals surface area contributed by atoms with E-state index in [2.05, 4.69) is 22.7 Å². The average molecular weight is 406 g/mol. The van der Waals surface area contributed by atoms with Crippen molar-refractivity contribution in [2.75, 3.05) is 13.6 Å². The Morgan fingerprint density at radius 2 is 2.04 bits per heavy atom. The van der Waals surface area contributed by atoms with Gasteiger partial charge in [0.2, 0.25) is 11.8 Å². The van der Waals surface area contributed by atoms with Crippen molar-refractivity contribution in [3.8, 4) is 0 Å². The molecule has 1 aromatic heterocycles. The van der Waals surface area contributed by atoms with Gasteiger partial charge in [-0.25, -0.2) is 0 Å². The van der Waals surface area contributed by atoms with Crippen LogP contribution in [0.5, 0.6) is 0 Å². The quantitative estimate of drug-likeness (QED) is 0.796. The minimum absolute atomic E-state index is 0. The first kappa shape index (κ1) is 22.7. The average Bonchev–Trinajstić information content (AvgIpc) is 2.98. The summed E-state index contributed by atoms with van der Waals surface area (Å²) in [6.07, 6.45) is 6.73. The number of carbonyl (C=O) groups excluding carboxylic acids is 2. The highest BCUT2D eigenvalue weighted by Gasteiger charge is 2.40. The molecule has 2 amide bonds. The maximum Gasteiger partial charge on any atom is 0.225 e. The summed E-state index contributed by atoms with van der Waals surface area (Å²) in [5.74, 6) is -0.101. The van der Waals surface area contributed by atoms with Crippen molar-refractivity contribution in [3.05, 3.63) is 18.0 Å². The van der Waals surface area contributed by atoms with E-state index in [1.54, 1.807) is 22.8 Å². The molecule has 7 nitrogen and oxygen atoms in total. The van der Waals surface area contributed by atoms with Crippen LogP contribution in [0, 0.1) is 5.92 Å². The summed E-state index contributed by atoms with van der Waals surface area (Å²) in [6.45, 7) is 3.12. The van der Waals surface area contributed by atoms with Gasteiger partial charge >= 0.3 is 0 Å². The van der Waals surface area contributed by atoms with Crippen LogP contribution in [0.25, 0.3) is 0 Å². The molecule has 0 radical (unpaired) electrons. The van der Waals surface area contributed by atoms with Crippen LogP contribution >= 0.6 is 24.8 Å². The molecule has 148 valence electrons. The number of nitrogens with one attached hydrogen (secondary N) is 2. The fourth-order valence-electron chi connectivity index (χ4n) is 3.89. The predicted molar refractivity (Wildman–Crippen MR) is 105 cm³/mol. The smallest absolute Gasteiger partial charge is 0.225 e. The number of piperidine rings is 2. The van der Waals surface area contributed by atoms with Gasteiger partial charge in [-0.15, -0.1) is 24.8 Å². The van der Waals surface area contributed by atoms with E-state index < -0.39 is 0 Å². The summed E-state index contributed by atoms with van der Waals surface area (Å²) in [4.78, 5) is 26.8. The molecule has 0 aromatic carbocycles. The van der Waals surface area contributed by atoms with Gasteiger partial charge in [0.25, 0.3) is 0 Å². The molecule has 4 atom stereocenters. The monoisotopic (exact) mass is 405 g/mol. The topological polar surface area (TPSA) is 79.3 Å². The van der Waals surface area contributed by atoms with Crippen molar-refractivity contribution in [3.63, 3.8) is 0 Å². The first-order chi connectivity index (χ1) is 11.5. The normalized spacial score (nSPS) is 28.7. The minimum Gasteiger partial charge on any atom is -0.351 e. The lowest BCUT2D eigenvalue weighted by molar-refractivity contribution is -0.142. The molecule has 2 aliphatic rings. The van der Waals surface area contributed by atoms with E-state index >= 15 is 0 Å². The summed E-state index contributed by atoms with van der Waals surface area (Å²) >= 11 is 0. The van der Waals surface area contributed by atoms with E-state index in [0.29, 0.717) is 12.8 Å². The molecular weight excluding hydrogens is 377 g/mol. The van der Waals surface area contributed by atoms with E-state index in [1.807, 2.05) is 13.2 Å². The van der Waals surface area contributed by atoms with Crippen molar-refractivity contribution < 1.29 is 9.59 Å². The van der Waals surface area contributed by atoms with Gasteiger partial charge in [0.15, 0.2) is 0 Å². The fraction of sp³-hybridized carbons (Fsp3) is 0.706. The van der Waals surface area contributed by atoms with E-state index in [0.717, 1.165) is 24.9 Å². The van der Waals surface area contributed by atoms with Crippen LogP contribution in [0.3, 0.4) is 0 Å². The van der Waals surface area contributed by atoms with Crippen LogP contribution in [0.15, 0.2) is 12.4 Å². The summed E-state index contributed by atoms with van der Waals surface area (Å²) in [6, 6.07) is 0.193. The van der Waals surface area contributed by atoms with Gasteiger partial charge in [0.1, 0.15) is 0 Å². The van der Waals surface area contributed by atoms with Crippen molar-refractivity contribution in [1.29, 1.82) is 0 Å². The molecule has 9 heteroatoms. The molecule has 3 rings (SSSR count). The summed E-state index contributed by atoms with van der Waals surface area (Å²) in [5, 5.41) is 10.8. The van der Waals surface area contributed by atoms with Gasteiger partial charge < -0.3 is 15.5 Å². The van der Waals surface area contributed by atoms with Gasteiger partial charge in [0.05, 0.1) is 18.2 Å². The molecule has 1 aromatic rings. The van der Waals surface area contributed by atoms with Gasteiger partial charge in [-0.1, -0.05) is 0 Å². The maximum atomic E-state index is 13.0. The lowest BCUT2D eigenvalue weighted by Crippen LogP contribution is -2.55. The van der Waals surface area contributed by atoms with Crippen molar-refractivity contribution in [1.82, 2.24) is 25.3 Å². The number of likely N-dealkylation sites (tertiary alicyclic amines) is 1. The Kier molecular flexibility index (Phi) is 8.37. The van der Waals surface area contributed by atoms with Crippen LogP contribution < -0.4 is 10.6 Å². The van der Waals surface area contributed by atoms with Crippen LogP contribution in [0.2, 0.25) is 0 Å². The molecule has 2 N–H and O–H groups in total. The highest BCUT2D eigenvalue weighted by atomic mass is 35.5. The Morgan fingerprint density at radius 3 is 2.65 bits per heavy atom. The lowest BCUT2D eigenvalue weighted by atomic mass is 9.84. The molecule has 0 aliphatic carbocycles. The molecule has 2 fully saturated rings. The molecule has 0 bridgehead atoms. The second-order valence-electron chi connectivity index (χ2n) is 7.04. The number of hydrogen-bond donors (Lipinski definition) is 2. The largest absolute Gasteiger partial charge is 0.351 e. The zero-order valence-corrected chi connectivity index (χ0v) is 17.1. The lowest BCUT2D eigenvalue weighted by Gasteiger charge is -2.39. The summed E-state index contributed by atoms with van der Waals surface area (Å²) in [5.41, 5.74) is 0.919. The minimum atomic E-state index is -0.244. The van der Waals surface area contributed by atoms with E-state index in [1.165, 1.54) is 0 Å². The molecular formula is C17H29Cl2N5O2. The second kappa shape index (κ2) is 9.58. The highest BCUT2D eigenvalue weighted by molar-refractivity contribution is 5.86.